The van der Waals surface area contributed by atoms with Crippen molar-refractivity contribution in [1.29, 1.82) is 0 Å². The van der Waals surface area contributed by atoms with Crippen LogP contribution in [-0.2, 0) is 4.74 Å². The Morgan fingerprint density at radius 1 is 1.46 bits per heavy atom. The second-order valence-corrected chi connectivity index (χ2v) is 7.89. The Bertz CT molecular complexity index is 224. The molecule has 3 aliphatic rings. The fraction of sp³-hybridized carbons (Fsp3) is 1.00. The summed E-state index contributed by atoms with van der Waals surface area (Å²) >= 11 is 2.93. The zero-order chi connectivity index (χ0) is 9.00. The van der Waals surface area contributed by atoms with Gasteiger partial charge < -0.3 is 0 Å². The SMILES string of the molecule is C[I-]C1OC1N1C2CCC(C2)C1I. The molecule has 2 aliphatic heterocycles. The normalized spacial score (nSPS) is 54.8. The number of nitrogens with zero attached hydrogens (tertiary/aromatic N) is 1. The van der Waals surface area contributed by atoms with E-state index in [0.717, 1.165) is 16.0 Å². The van der Waals surface area contributed by atoms with Crippen LogP contribution in [0.2, 0.25) is 0 Å². The number of hydrogen-bond acceptors (Lipinski definition) is 2. The molecule has 1 saturated carbocycles. The number of likely N-dealkylation sites (tertiary alicyclic amines) is 1. The van der Waals surface area contributed by atoms with Crippen molar-refractivity contribution in [2.45, 2.75) is 39.7 Å². The summed E-state index contributed by atoms with van der Waals surface area (Å²) in [4.78, 5) is 5.00. The summed E-state index contributed by atoms with van der Waals surface area (Å²) in [6, 6.07) is 0.873. The Hall–Kier alpha value is 1.38. The maximum atomic E-state index is 5.74. The first-order chi connectivity index (χ1) is 6.31. The summed E-state index contributed by atoms with van der Waals surface area (Å²) in [6.07, 6.45) is 4.88. The molecule has 2 saturated heterocycles. The maximum absolute atomic E-state index is 5.74. The van der Waals surface area contributed by atoms with Crippen molar-refractivity contribution in [1.82, 2.24) is 4.90 Å². The van der Waals surface area contributed by atoms with Crippen molar-refractivity contribution in [3.05, 3.63) is 0 Å². The fourth-order valence-electron chi connectivity index (χ4n) is 2.76. The van der Waals surface area contributed by atoms with Crippen molar-refractivity contribution >= 4 is 22.6 Å². The van der Waals surface area contributed by atoms with Gasteiger partial charge in [0.2, 0.25) is 0 Å². The van der Waals surface area contributed by atoms with Gasteiger partial charge in [-0.05, 0) is 0 Å². The third-order valence-electron chi connectivity index (χ3n) is 3.47. The van der Waals surface area contributed by atoms with Gasteiger partial charge in [-0.2, -0.15) is 0 Å². The van der Waals surface area contributed by atoms with Crippen molar-refractivity contribution in [3.63, 3.8) is 0 Å². The first kappa shape index (κ1) is 9.59. The second-order valence-electron chi connectivity index (χ2n) is 4.14. The predicted octanol–water partition coefficient (Wildman–Crippen LogP) is -1.37. The zero-order valence-electron chi connectivity index (χ0n) is 7.62. The first-order valence-electron chi connectivity index (χ1n) is 4.86. The minimum atomic E-state index is 0.304. The van der Waals surface area contributed by atoms with Crippen LogP contribution in [-0.4, -0.2) is 30.3 Å². The number of alkyl halides is 3. The molecule has 5 atom stereocenters. The topological polar surface area (TPSA) is 15.8 Å². The van der Waals surface area contributed by atoms with Crippen LogP contribution in [0, 0.1) is 5.92 Å². The molecule has 0 spiro atoms. The summed E-state index contributed by atoms with van der Waals surface area (Å²) in [7, 11) is 0. The summed E-state index contributed by atoms with van der Waals surface area (Å²) in [5, 5.41) is 0. The van der Waals surface area contributed by atoms with E-state index in [4.69, 9.17) is 4.74 Å². The summed E-state index contributed by atoms with van der Waals surface area (Å²) in [5.74, 6) is 0.977. The minimum absolute atomic E-state index is 0.304. The quantitative estimate of drug-likeness (QED) is 0.244. The van der Waals surface area contributed by atoms with E-state index in [1.54, 1.807) is 0 Å². The number of rotatable bonds is 2. The van der Waals surface area contributed by atoms with Gasteiger partial charge in [0.15, 0.2) is 0 Å². The third-order valence-corrected chi connectivity index (χ3v) is 7.26. The Balaban J connectivity index is 1.72. The van der Waals surface area contributed by atoms with Gasteiger partial charge in [-0.3, -0.25) is 0 Å². The van der Waals surface area contributed by atoms with Gasteiger partial charge in [-0.25, -0.2) is 0 Å². The molecule has 3 rings (SSSR count). The summed E-state index contributed by atoms with van der Waals surface area (Å²) in [6.45, 7) is 0. The van der Waals surface area contributed by atoms with Crippen LogP contribution in [0.3, 0.4) is 0 Å². The van der Waals surface area contributed by atoms with Crippen molar-refractivity contribution in [3.8, 4) is 0 Å². The molecule has 4 heteroatoms. The van der Waals surface area contributed by atoms with E-state index in [0.29, 0.717) is 31.5 Å². The number of halogens is 2. The molecule has 76 valence electrons. The van der Waals surface area contributed by atoms with Crippen LogP contribution in [0.5, 0.6) is 0 Å². The molecule has 3 fully saturated rings. The standard InChI is InChI=1S/C9H14I2NO/c1-11-8-9(13-8)12-6-3-2-5(4-6)7(12)10/h5-9H,2-4H2,1H3/q-1. The number of epoxide rings is 1. The van der Waals surface area contributed by atoms with E-state index in [1.807, 2.05) is 0 Å². The molecule has 2 bridgehead atoms. The van der Waals surface area contributed by atoms with Gasteiger partial charge in [-0.1, -0.05) is 0 Å². The van der Waals surface area contributed by atoms with E-state index in [9.17, 15) is 0 Å². The van der Waals surface area contributed by atoms with E-state index >= 15 is 0 Å². The van der Waals surface area contributed by atoms with Gasteiger partial charge in [-0.15, -0.1) is 0 Å². The van der Waals surface area contributed by atoms with Gasteiger partial charge in [0.1, 0.15) is 0 Å². The van der Waals surface area contributed by atoms with Gasteiger partial charge in [0, 0.05) is 0 Å². The number of fused-ring (bicyclic) bond motifs is 2. The van der Waals surface area contributed by atoms with Crippen molar-refractivity contribution < 1.29 is 25.9 Å². The molecule has 0 N–H and O–H groups in total. The Morgan fingerprint density at radius 2 is 2.31 bits per heavy atom. The average Bonchev–Trinajstić information content (AvgIpc) is 2.63. The molecule has 13 heavy (non-hydrogen) atoms. The average molecular weight is 406 g/mol. The number of hydrogen-bond donors (Lipinski definition) is 0. The van der Waals surface area contributed by atoms with Crippen LogP contribution in [0.4, 0.5) is 0 Å². The van der Waals surface area contributed by atoms with E-state index in [1.165, 1.54) is 19.3 Å². The van der Waals surface area contributed by atoms with Crippen LogP contribution in [0.15, 0.2) is 0 Å². The van der Waals surface area contributed by atoms with Crippen molar-refractivity contribution in [2.75, 3.05) is 4.93 Å². The molecule has 2 nitrogen and oxygen atoms in total. The van der Waals surface area contributed by atoms with Crippen LogP contribution in [0.25, 0.3) is 0 Å². The summed E-state index contributed by atoms with van der Waals surface area (Å²) in [5.41, 5.74) is 0. The molecule has 0 aromatic carbocycles. The molecular formula is C9H14I2NO-. The van der Waals surface area contributed by atoms with Gasteiger partial charge in [0.05, 0.1) is 0 Å². The second kappa shape index (κ2) is 3.45. The predicted molar refractivity (Wildman–Crippen MR) is 55.4 cm³/mol. The molecular weight excluding hydrogens is 392 g/mol. The molecule has 0 aromatic heterocycles. The third kappa shape index (κ3) is 1.47. The molecule has 5 unspecified atom stereocenters. The Morgan fingerprint density at radius 3 is 2.85 bits per heavy atom. The molecule has 0 aromatic rings. The summed E-state index contributed by atoms with van der Waals surface area (Å²) < 4.78 is 7.19. The Labute approximate surface area is 103 Å². The van der Waals surface area contributed by atoms with E-state index in [-0.39, 0.29) is 0 Å². The van der Waals surface area contributed by atoms with Crippen LogP contribution in [0.1, 0.15) is 19.3 Å². The van der Waals surface area contributed by atoms with Gasteiger partial charge >= 0.3 is 104 Å². The van der Waals surface area contributed by atoms with E-state index < -0.39 is 0 Å². The van der Waals surface area contributed by atoms with Gasteiger partial charge in [0.25, 0.3) is 0 Å². The van der Waals surface area contributed by atoms with Crippen LogP contribution < -0.4 is 21.2 Å². The molecule has 0 amide bonds. The number of ether oxygens (including phenoxy) is 1. The molecule has 0 radical (unpaired) electrons. The van der Waals surface area contributed by atoms with Crippen molar-refractivity contribution in [2.24, 2.45) is 5.92 Å². The number of piperidine rings is 1. The molecule has 1 aliphatic carbocycles. The first-order valence-corrected chi connectivity index (χ1v) is 9.51. The monoisotopic (exact) mass is 406 g/mol. The van der Waals surface area contributed by atoms with Crippen LogP contribution >= 0.6 is 22.6 Å². The Kier molecular flexibility index (Phi) is 2.55. The zero-order valence-corrected chi connectivity index (χ0v) is 11.9. The molecule has 2 heterocycles. The van der Waals surface area contributed by atoms with E-state index in [2.05, 4.69) is 32.4 Å². The fourth-order valence-corrected chi connectivity index (χ4v) is 5.76.